The first-order chi connectivity index (χ1) is 7.47. The van der Waals surface area contributed by atoms with Crippen LogP contribution < -0.4 is 11.3 Å². The molecule has 0 aliphatic carbocycles. The van der Waals surface area contributed by atoms with Crippen LogP contribution in [-0.2, 0) is 11.2 Å². The summed E-state index contributed by atoms with van der Waals surface area (Å²) in [6.07, 6.45) is 0.650. The maximum atomic E-state index is 11.4. The molecule has 0 saturated carbocycles. The van der Waals surface area contributed by atoms with E-state index < -0.39 is 5.91 Å². The quantitative estimate of drug-likeness (QED) is 0.763. The Hall–Kier alpha value is -2.09. The largest absolute Gasteiger partial charge is 0.370 e. The van der Waals surface area contributed by atoms with E-state index in [0.29, 0.717) is 17.7 Å². The molecule has 84 valence electrons. The average Bonchev–Trinajstić information content (AvgIpc) is 2.16. The van der Waals surface area contributed by atoms with Gasteiger partial charge in [-0.2, -0.15) is 5.26 Å². The standard InChI is InChI=1S/C11H13N3O2/c1-6-8(3-4-10(13)15)7(2)14-11(16)9(6)5-12/h3-4H2,1-2H3,(H2,13,15)(H,14,16). The van der Waals surface area contributed by atoms with Crippen LogP contribution in [0.25, 0.3) is 0 Å². The molecule has 0 unspecified atom stereocenters. The van der Waals surface area contributed by atoms with Crippen molar-refractivity contribution >= 4 is 5.91 Å². The van der Waals surface area contributed by atoms with Gasteiger partial charge < -0.3 is 10.7 Å². The number of aromatic nitrogens is 1. The van der Waals surface area contributed by atoms with Gasteiger partial charge in [-0.25, -0.2) is 0 Å². The smallest absolute Gasteiger partial charge is 0.266 e. The molecule has 0 fully saturated rings. The molecule has 0 aromatic carbocycles. The van der Waals surface area contributed by atoms with Crippen LogP contribution in [0.3, 0.4) is 0 Å². The third-order valence-electron chi connectivity index (χ3n) is 2.54. The van der Waals surface area contributed by atoms with E-state index in [-0.39, 0.29) is 17.5 Å². The Morgan fingerprint density at radius 1 is 1.50 bits per heavy atom. The third kappa shape index (κ3) is 2.28. The second-order valence-corrected chi connectivity index (χ2v) is 3.64. The van der Waals surface area contributed by atoms with Gasteiger partial charge >= 0.3 is 0 Å². The number of aromatic amines is 1. The SMILES string of the molecule is Cc1[nH]c(=O)c(C#N)c(C)c1CCC(N)=O. The summed E-state index contributed by atoms with van der Waals surface area (Å²) >= 11 is 0. The zero-order valence-electron chi connectivity index (χ0n) is 9.26. The van der Waals surface area contributed by atoms with Crippen LogP contribution in [0.5, 0.6) is 0 Å². The predicted molar refractivity (Wildman–Crippen MR) is 58.8 cm³/mol. The molecule has 0 spiro atoms. The number of carbonyl (C=O) groups is 1. The van der Waals surface area contributed by atoms with E-state index >= 15 is 0 Å². The van der Waals surface area contributed by atoms with Crippen molar-refractivity contribution in [2.45, 2.75) is 26.7 Å². The van der Waals surface area contributed by atoms with E-state index in [4.69, 9.17) is 11.0 Å². The van der Waals surface area contributed by atoms with Crippen molar-refractivity contribution in [3.63, 3.8) is 0 Å². The number of amides is 1. The molecule has 1 heterocycles. The van der Waals surface area contributed by atoms with Gasteiger partial charge in [0.1, 0.15) is 11.6 Å². The highest BCUT2D eigenvalue weighted by molar-refractivity contribution is 5.74. The highest BCUT2D eigenvalue weighted by Gasteiger charge is 2.12. The number of hydrogen-bond donors (Lipinski definition) is 2. The molecule has 5 nitrogen and oxygen atoms in total. The molecule has 16 heavy (non-hydrogen) atoms. The summed E-state index contributed by atoms with van der Waals surface area (Å²) in [5.74, 6) is -0.400. The van der Waals surface area contributed by atoms with Crippen molar-refractivity contribution < 1.29 is 4.79 Å². The molecule has 3 N–H and O–H groups in total. The van der Waals surface area contributed by atoms with Crippen molar-refractivity contribution in [1.82, 2.24) is 4.98 Å². The lowest BCUT2D eigenvalue weighted by atomic mass is 9.99. The summed E-state index contributed by atoms with van der Waals surface area (Å²) in [7, 11) is 0. The number of nitrogens with two attached hydrogens (primary N) is 1. The van der Waals surface area contributed by atoms with Gasteiger partial charge in [-0.05, 0) is 31.4 Å². The second-order valence-electron chi connectivity index (χ2n) is 3.64. The van der Waals surface area contributed by atoms with Crippen LogP contribution in [0.15, 0.2) is 4.79 Å². The summed E-state index contributed by atoms with van der Waals surface area (Å²) in [5.41, 5.74) is 6.91. The maximum Gasteiger partial charge on any atom is 0.266 e. The van der Waals surface area contributed by atoms with Gasteiger partial charge in [0.15, 0.2) is 0 Å². The predicted octanol–water partition coefficient (Wildman–Crippen LogP) is 0.281. The molecule has 0 aliphatic heterocycles. The molecule has 0 aliphatic rings. The second kappa shape index (κ2) is 4.62. The fraction of sp³-hybridized carbons (Fsp3) is 0.364. The summed E-state index contributed by atoms with van der Waals surface area (Å²) in [6.45, 7) is 3.45. The topological polar surface area (TPSA) is 99.7 Å². The van der Waals surface area contributed by atoms with Crippen molar-refractivity contribution in [2.24, 2.45) is 5.73 Å². The molecule has 0 bridgehead atoms. The summed E-state index contributed by atoms with van der Waals surface area (Å²) in [6, 6.07) is 1.86. The number of rotatable bonds is 3. The molecule has 0 saturated heterocycles. The fourth-order valence-electron chi connectivity index (χ4n) is 1.67. The van der Waals surface area contributed by atoms with E-state index in [1.165, 1.54) is 0 Å². The van der Waals surface area contributed by atoms with Crippen LogP contribution in [0.4, 0.5) is 0 Å². The first kappa shape index (κ1) is 12.0. The molecule has 1 aromatic heterocycles. The number of carbonyl (C=O) groups excluding carboxylic acids is 1. The summed E-state index contributed by atoms with van der Waals surface area (Å²) < 4.78 is 0. The zero-order valence-corrected chi connectivity index (χ0v) is 9.26. The van der Waals surface area contributed by atoms with E-state index in [0.717, 1.165) is 5.56 Å². The Morgan fingerprint density at radius 2 is 2.12 bits per heavy atom. The van der Waals surface area contributed by atoms with Crippen LogP contribution in [-0.4, -0.2) is 10.9 Å². The monoisotopic (exact) mass is 219 g/mol. The molecule has 1 rings (SSSR count). The number of nitriles is 1. The normalized spacial score (nSPS) is 9.81. The summed E-state index contributed by atoms with van der Waals surface area (Å²) in [5, 5.41) is 8.83. The Bertz CT molecular complexity index is 523. The first-order valence-electron chi connectivity index (χ1n) is 4.88. The lowest BCUT2D eigenvalue weighted by Gasteiger charge is -2.09. The van der Waals surface area contributed by atoms with E-state index in [2.05, 4.69) is 4.98 Å². The highest BCUT2D eigenvalue weighted by atomic mass is 16.1. The Morgan fingerprint density at radius 3 is 2.62 bits per heavy atom. The average molecular weight is 219 g/mol. The molecule has 5 heteroatoms. The lowest BCUT2D eigenvalue weighted by molar-refractivity contribution is -0.117. The van der Waals surface area contributed by atoms with Crippen LogP contribution in [0.2, 0.25) is 0 Å². The van der Waals surface area contributed by atoms with Gasteiger partial charge in [-0.15, -0.1) is 0 Å². The number of hydrogen-bond acceptors (Lipinski definition) is 3. The highest BCUT2D eigenvalue weighted by Crippen LogP contribution is 2.14. The minimum absolute atomic E-state index is 0.102. The van der Waals surface area contributed by atoms with E-state index in [9.17, 15) is 9.59 Å². The van der Waals surface area contributed by atoms with Gasteiger partial charge in [-0.3, -0.25) is 9.59 Å². The van der Waals surface area contributed by atoms with Gasteiger partial charge in [0.2, 0.25) is 5.91 Å². The molecular weight excluding hydrogens is 206 g/mol. The first-order valence-corrected chi connectivity index (χ1v) is 4.88. The van der Waals surface area contributed by atoms with Crippen molar-refractivity contribution in [3.05, 3.63) is 32.7 Å². The number of aryl methyl sites for hydroxylation is 1. The van der Waals surface area contributed by atoms with Gasteiger partial charge in [0, 0.05) is 12.1 Å². The minimum atomic E-state index is -0.400. The van der Waals surface area contributed by atoms with Crippen molar-refractivity contribution in [1.29, 1.82) is 5.26 Å². The van der Waals surface area contributed by atoms with Gasteiger partial charge in [-0.1, -0.05) is 0 Å². The number of primary amides is 1. The molecule has 0 atom stereocenters. The Balaban J connectivity index is 3.24. The fourth-order valence-corrected chi connectivity index (χ4v) is 1.67. The number of nitrogens with one attached hydrogen (secondary N) is 1. The minimum Gasteiger partial charge on any atom is -0.370 e. The Labute approximate surface area is 92.9 Å². The van der Waals surface area contributed by atoms with Gasteiger partial charge in [0.05, 0.1) is 0 Å². The van der Waals surface area contributed by atoms with Gasteiger partial charge in [0.25, 0.3) is 5.56 Å². The van der Waals surface area contributed by atoms with Crippen LogP contribution >= 0.6 is 0 Å². The molecular formula is C11H13N3O2. The lowest BCUT2D eigenvalue weighted by Crippen LogP contribution is -2.18. The zero-order chi connectivity index (χ0) is 12.3. The Kier molecular flexibility index (Phi) is 3.46. The van der Waals surface area contributed by atoms with Crippen molar-refractivity contribution in [2.75, 3.05) is 0 Å². The number of pyridine rings is 1. The van der Waals surface area contributed by atoms with E-state index in [1.807, 2.05) is 6.07 Å². The molecule has 1 amide bonds. The van der Waals surface area contributed by atoms with Crippen molar-refractivity contribution in [3.8, 4) is 6.07 Å². The molecule has 1 aromatic rings. The number of H-pyrrole nitrogens is 1. The van der Waals surface area contributed by atoms with Crippen LogP contribution in [0, 0.1) is 25.2 Å². The third-order valence-corrected chi connectivity index (χ3v) is 2.54. The maximum absolute atomic E-state index is 11.4. The number of nitrogens with zero attached hydrogens (tertiary/aromatic N) is 1. The van der Waals surface area contributed by atoms with E-state index in [1.54, 1.807) is 13.8 Å². The molecule has 0 radical (unpaired) electrons. The van der Waals surface area contributed by atoms with Crippen LogP contribution in [0.1, 0.15) is 28.8 Å². The summed E-state index contributed by atoms with van der Waals surface area (Å²) in [4.78, 5) is 24.7.